The number of anilines is 1. The Hall–Kier alpha value is -2.84. The van der Waals surface area contributed by atoms with Crippen LogP contribution in [0.1, 0.15) is 37.6 Å². The Morgan fingerprint density at radius 3 is 2.29 bits per heavy atom. The zero-order chi connectivity index (χ0) is 25.5. The fourth-order valence-electron chi connectivity index (χ4n) is 3.71. The Labute approximate surface area is 190 Å². The van der Waals surface area contributed by atoms with Crippen LogP contribution in [0.15, 0.2) is 29.4 Å². The summed E-state index contributed by atoms with van der Waals surface area (Å²) in [6, 6.07) is 1.05. The first-order valence-corrected chi connectivity index (χ1v) is 11.5. The van der Waals surface area contributed by atoms with Crippen molar-refractivity contribution in [2.24, 2.45) is 13.0 Å². The summed E-state index contributed by atoms with van der Waals surface area (Å²) in [5.74, 6) is -1.10. The number of piperidine rings is 1. The van der Waals surface area contributed by atoms with Crippen LogP contribution in [-0.4, -0.2) is 52.2 Å². The summed E-state index contributed by atoms with van der Waals surface area (Å²) in [4.78, 5) is 16.0. The second kappa shape index (κ2) is 9.07. The van der Waals surface area contributed by atoms with E-state index in [1.807, 2.05) is 0 Å². The van der Waals surface area contributed by atoms with Crippen molar-refractivity contribution in [1.82, 2.24) is 19.7 Å². The molecule has 3 heterocycles. The highest BCUT2D eigenvalue weighted by Crippen LogP contribution is 2.41. The highest BCUT2D eigenvalue weighted by Gasteiger charge is 2.50. The molecule has 1 atom stereocenters. The largest absolute Gasteiger partial charge is 0.433 e. The number of hydrogen-bond acceptors (Lipinski definition) is 5. The minimum atomic E-state index is -4.84. The summed E-state index contributed by atoms with van der Waals surface area (Å²) in [6.07, 6.45) is -6.35. The second-order valence-electron chi connectivity index (χ2n) is 7.96. The maximum Gasteiger partial charge on any atom is 0.433 e. The van der Waals surface area contributed by atoms with E-state index < -0.39 is 55.7 Å². The molecule has 34 heavy (non-hydrogen) atoms. The van der Waals surface area contributed by atoms with Crippen molar-refractivity contribution >= 4 is 21.6 Å². The van der Waals surface area contributed by atoms with Gasteiger partial charge in [0.05, 0.1) is 11.9 Å². The van der Waals surface area contributed by atoms with Gasteiger partial charge in [-0.25, -0.2) is 31.4 Å². The number of carbonyl (C=O) groups excluding carboxylic acids is 1. The number of aromatic nitrogens is 3. The molecule has 1 unspecified atom stereocenters. The predicted octanol–water partition coefficient (Wildman–Crippen LogP) is 4.18. The molecule has 1 N–H and O–H groups in total. The quantitative estimate of drug-likeness (QED) is 0.606. The molecule has 1 aliphatic heterocycles. The van der Waals surface area contributed by atoms with E-state index in [0.29, 0.717) is 6.07 Å². The molecule has 15 heteroatoms. The maximum absolute atomic E-state index is 15.6. The topological polar surface area (TPSA) is 97.2 Å². The average Bonchev–Trinajstić information content (AvgIpc) is 3.16. The molecule has 0 bridgehead atoms. The molecule has 2 aromatic rings. The molecule has 0 aliphatic carbocycles. The van der Waals surface area contributed by atoms with Crippen molar-refractivity contribution in [2.45, 2.75) is 42.3 Å². The third-order valence-electron chi connectivity index (χ3n) is 5.66. The van der Waals surface area contributed by atoms with Crippen molar-refractivity contribution in [3.05, 3.63) is 35.9 Å². The lowest BCUT2D eigenvalue weighted by atomic mass is 9.92. The Kier molecular flexibility index (Phi) is 6.88. The van der Waals surface area contributed by atoms with Crippen molar-refractivity contribution in [1.29, 1.82) is 0 Å². The number of nitrogens with zero attached hydrogens (tertiary/aromatic N) is 4. The summed E-state index contributed by atoms with van der Waals surface area (Å²) < 4.78 is 107. The summed E-state index contributed by atoms with van der Waals surface area (Å²) >= 11 is 0. The fraction of sp³-hybridized carbons (Fsp3) is 0.526. The predicted molar refractivity (Wildman–Crippen MR) is 107 cm³/mol. The van der Waals surface area contributed by atoms with Gasteiger partial charge in [0, 0.05) is 32.3 Å². The number of halogens is 6. The van der Waals surface area contributed by atoms with Crippen molar-refractivity contribution < 1.29 is 39.6 Å². The number of urea groups is 1. The molecule has 0 radical (unpaired) electrons. The van der Waals surface area contributed by atoms with Gasteiger partial charge in [-0.05, 0) is 31.9 Å². The third kappa shape index (κ3) is 4.98. The number of likely N-dealkylation sites (tertiary alicyclic amines) is 1. The Morgan fingerprint density at radius 2 is 1.79 bits per heavy atom. The van der Waals surface area contributed by atoms with Crippen LogP contribution >= 0.6 is 0 Å². The van der Waals surface area contributed by atoms with Crippen LogP contribution in [0.2, 0.25) is 0 Å². The number of sulfone groups is 1. The standard InChI is InChI=1S/C19H21F6N5O3S/c1-18(22,34(32,33)13-10-29(2)28-15(13)16(20)21)11-5-7-30(8-6-11)17(31)27-12-3-4-14(26-9-12)19(23,24)25/h3-4,9-11,16H,5-8H2,1-2H3,(H,27,31). The number of alkyl halides is 6. The van der Waals surface area contributed by atoms with Gasteiger partial charge in [-0.1, -0.05) is 0 Å². The van der Waals surface area contributed by atoms with Crippen LogP contribution in [0.5, 0.6) is 0 Å². The number of amides is 2. The molecule has 1 fully saturated rings. The van der Waals surface area contributed by atoms with E-state index >= 15 is 4.39 Å². The number of hydrogen-bond donors (Lipinski definition) is 1. The van der Waals surface area contributed by atoms with E-state index in [2.05, 4.69) is 15.4 Å². The average molecular weight is 513 g/mol. The lowest BCUT2D eigenvalue weighted by Gasteiger charge is -2.37. The number of aryl methyl sites for hydroxylation is 1. The molecule has 0 aromatic carbocycles. The van der Waals surface area contributed by atoms with Crippen molar-refractivity contribution in [2.75, 3.05) is 18.4 Å². The Morgan fingerprint density at radius 1 is 1.18 bits per heavy atom. The molecule has 1 aliphatic rings. The van der Waals surface area contributed by atoms with Gasteiger partial charge in [0.1, 0.15) is 16.3 Å². The van der Waals surface area contributed by atoms with Gasteiger partial charge in [-0.15, -0.1) is 0 Å². The van der Waals surface area contributed by atoms with Gasteiger partial charge in [-0.2, -0.15) is 18.3 Å². The van der Waals surface area contributed by atoms with Gasteiger partial charge in [0.15, 0.2) is 0 Å². The minimum Gasteiger partial charge on any atom is -0.325 e. The van der Waals surface area contributed by atoms with Crippen LogP contribution in [0.3, 0.4) is 0 Å². The fourth-order valence-corrected chi connectivity index (χ4v) is 5.51. The van der Waals surface area contributed by atoms with Gasteiger partial charge in [0.2, 0.25) is 14.8 Å². The molecule has 0 saturated carbocycles. The Balaban J connectivity index is 1.67. The van der Waals surface area contributed by atoms with Crippen LogP contribution < -0.4 is 5.32 Å². The summed E-state index contributed by atoms with van der Waals surface area (Å²) in [5.41, 5.74) is -2.15. The first-order chi connectivity index (χ1) is 15.6. The highest BCUT2D eigenvalue weighted by molar-refractivity contribution is 7.92. The first kappa shape index (κ1) is 25.8. The van der Waals surface area contributed by atoms with E-state index in [9.17, 15) is 35.2 Å². The number of nitrogens with one attached hydrogen (secondary N) is 1. The number of carbonyl (C=O) groups is 1. The van der Waals surface area contributed by atoms with E-state index in [-0.39, 0.29) is 31.6 Å². The molecule has 8 nitrogen and oxygen atoms in total. The van der Waals surface area contributed by atoms with Crippen LogP contribution in [-0.2, 0) is 23.1 Å². The smallest absolute Gasteiger partial charge is 0.325 e. The van der Waals surface area contributed by atoms with Gasteiger partial charge in [0.25, 0.3) is 6.43 Å². The van der Waals surface area contributed by atoms with E-state index in [1.165, 1.54) is 11.9 Å². The van der Waals surface area contributed by atoms with Gasteiger partial charge in [-0.3, -0.25) is 4.68 Å². The highest BCUT2D eigenvalue weighted by atomic mass is 32.2. The van der Waals surface area contributed by atoms with Crippen molar-refractivity contribution in [3.8, 4) is 0 Å². The normalized spacial score (nSPS) is 17.6. The zero-order valence-electron chi connectivity index (χ0n) is 18.0. The van der Waals surface area contributed by atoms with Crippen LogP contribution in [0, 0.1) is 5.92 Å². The third-order valence-corrected chi connectivity index (χ3v) is 7.94. The molecule has 0 spiro atoms. The lowest BCUT2D eigenvalue weighted by molar-refractivity contribution is -0.141. The van der Waals surface area contributed by atoms with E-state index in [0.717, 1.165) is 30.1 Å². The van der Waals surface area contributed by atoms with E-state index in [4.69, 9.17) is 0 Å². The number of pyridine rings is 1. The molecule has 2 aromatic heterocycles. The van der Waals surface area contributed by atoms with Crippen LogP contribution in [0.4, 0.5) is 36.8 Å². The number of rotatable bonds is 5. The molecule has 2 amide bonds. The SMILES string of the molecule is Cn1cc(S(=O)(=O)C(C)(F)C2CCN(C(=O)Nc3ccc(C(F)(F)F)nc3)CC2)c(C(F)F)n1. The molecule has 3 rings (SSSR count). The molecule has 1 saturated heterocycles. The van der Waals surface area contributed by atoms with Gasteiger partial charge >= 0.3 is 12.2 Å². The summed E-state index contributed by atoms with van der Waals surface area (Å²) in [6.45, 7) is 0.682. The summed E-state index contributed by atoms with van der Waals surface area (Å²) in [7, 11) is -3.60. The monoisotopic (exact) mass is 513 g/mol. The lowest BCUT2D eigenvalue weighted by Crippen LogP contribution is -2.48. The molecule has 188 valence electrons. The van der Waals surface area contributed by atoms with Crippen molar-refractivity contribution in [3.63, 3.8) is 0 Å². The minimum absolute atomic E-state index is 0.00846. The van der Waals surface area contributed by atoms with E-state index in [1.54, 1.807) is 0 Å². The maximum atomic E-state index is 15.6. The first-order valence-electron chi connectivity index (χ1n) is 9.99. The zero-order valence-corrected chi connectivity index (χ0v) is 18.8. The Bertz CT molecular complexity index is 1140. The second-order valence-corrected chi connectivity index (χ2v) is 10.2. The van der Waals surface area contributed by atoms with Gasteiger partial charge < -0.3 is 10.2 Å². The van der Waals surface area contributed by atoms with Crippen LogP contribution in [0.25, 0.3) is 0 Å². The molecular formula is C19H21F6N5O3S. The summed E-state index contributed by atoms with van der Waals surface area (Å²) in [5, 5.41) is 2.89. The molecular weight excluding hydrogens is 492 g/mol.